The monoisotopic (exact) mass is 402 g/mol. The molecule has 146 valence electrons. The molecule has 1 aromatic heterocycles. The maximum atomic E-state index is 12.9. The van der Waals surface area contributed by atoms with Crippen molar-refractivity contribution in [1.82, 2.24) is 4.57 Å². The molecule has 1 fully saturated rings. The van der Waals surface area contributed by atoms with E-state index >= 15 is 0 Å². The van der Waals surface area contributed by atoms with Crippen LogP contribution in [0.5, 0.6) is 0 Å². The summed E-state index contributed by atoms with van der Waals surface area (Å²) in [6.07, 6.45) is 1.83. The molecular formula is C24H22N2O2S. The number of para-hydroxylation sites is 1. The lowest BCUT2D eigenvalue weighted by Crippen LogP contribution is -2.27. The van der Waals surface area contributed by atoms with Gasteiger partial charge in [0.15, 0.2) is 0 Å². The zero-order valence-electron chi connectivity index (χ0n) is 16.9. The molecule has 0 bridgehead atoms. The van der Waals surface area contributed by atoms with Crippen LogP contribution in [0.15, 0.2) is 59.5 Å². The van der Waals surface area contributed by atoms with Gasteiger partial charge in [-0.05, 0) is 92.6 Å². The normalized spacial score (nSPS) is 15.6. The number of anilines is 1. The Morgan fingerprint density at radius 2 is 1.48 bits per heavy atom. The van der Waals surface area contributed by atoms with Crippen LogP contribution in [-0.4, -0.2) is 15.7 Å². The second-order valence-corrected chi connectivity index (χ2v) is 8.35. The Morgan fingerprint density at radius 1 is 0.828 bits per heavy atom. The Kier molecular flexibility index (Phi) is 4.92. The largest absolute Gasteiger partial charge is 0.318 e. The Hall–Kier alpha value is -3.05. The summed E-state index contributed by atoms with van der Waals surface area (Å²) in [5.74, 6) is -0.276. The SMILES string of the molecule is Cc1cc(C)cc(-n2c(C)cc(C=C3SC(=O)N(c4ccccc4)C3=O)c2C)c1. The van der Waals surface area contributed by atoms with Crippen molar-refractivity contribution < 1.29 is 9.59 Å². The van der Waals surface area contributed by atoms with E-state index in [-0.39, 0.29) is 11.1 Å². The average Bonchev–Trinajstić information content (AvgIpc) is 3.10. The second kappa shape index (κ2) is 7.41. The smallest absolute Gasteiger partial charge is 0.298 e. The fraction of sp³-hybridized carbons (Fsp3) is 0.167. The molecule has 0 N–H and O–H groups in total. The summed E-state index contributed by atoms with van der Waals surface area (Å²) in [5.41, 5.74) is 7.19. The summed E-state index contributed by atoms with van der Waals surface area (Å²) in [7, 11) is 0. The molecule has 0 spiro atoms. The molecule has 5 heteroatoms. The summed E-state index contributed by atoms with van der Waals surface area (Å²) in [4.78, 5) is 27.0. The molecule has 4 nitrogen and oxygen atoms in total. The molecule has 29 heavy (non-hydrogen) atoms. The van der Waals surface area contributed by atoms with E-state index in [4.69, 9.17) is 0 Å². The predicted molar refractivity (Wildman–Crippen MR) is 120 cm³/mol. The van der Waals surface area contributed by atoms with Gasteiger partial charge in [0.1, 0.15) is 0 Å². The Morgan fingerprint density at radius 3 is 2.14 bits per heavy atom. The van der Waals surface area contributed by atoms with E-state index in [1.807, 2.05) is 31.2 Å². The Labute approximate surface area is 174 Å². The molecule has 0 aliphatic carbocycles. The first-order valence-corrected chi connectivity index (χ1v) is 10.3. The predicted octanol–water partition coefficient (Wildman–Crippen LogP) is 5.95. The number of benzene rings is 2. The molecule has 1 saturated heterocycles. The van der Waals surface area contributed by atoms with Crippen molar-refractivity contribution in [3.05, 3.63) is 87.6 Å². The maximum Gasteiger partial charge on any atom is 0.298 e. The molecule has 0 radical (unpaired) electrons. The molecule has 0 saturated carbocycles. The van der Waals surface area contributed by atoms with Crippen molar-refractivity contribution in [2.75, 3.05) is 4.90 Å². The summed E-state index contributed by atoms with van der Waals surface area (Å²) >= 11 is 0.985. The molecule has 4 rings (SSSR count). The average molecular weight is 403 g/mol. The molecular weight excluding hydrogens is 380 g/mol. The first-order chi connectivity index (χ1) is 13.8. The molecule has 0 unspecified atom stereocenters. The fourth-order valence-corrected chi connectivity index (χ4v) is 4.65. The van der Waals surface area contributed by atoms with E-state index in [0.717, 1.165) is 34.4 Å². The molecule has 2 aromatic carbocycles. The van der Waals surface area contributed by atoms with Gasteiger partial charge in [-0.3, -0.25) is 9.59 Å². The van der Waals surface area contributed by atoms with Crippen LogP contribution in [0.2, 0.25) is 0 Å². The van der Waals surface area contributed by atoms with Gasteiger partial charge >= 0.3 is 0 Å². The van der Waals surface area contributed by atoms with Gasteiger partial charge in [-0.1, -0.05) is 24.3 Å². The fourth-order valence-electron chi connectivity index (χ4n) is 3.82. The molecule has 0 atom stereocenters. The van der Waals surface area contributed by atoms with E-state index in [2.05, 4.69) is 49.6 Å². The van der Waals surface area contributed by atoms with Crippen LogP contribution in [-0.2, 0) is 4.79 Å². The van der Waals surface area contributed by atoms with Crippen LogP contribution >= 0.6 is 11.8 Å². The number of nitrogens with zero attached hydrogens (tertiary/aromatic N) is 2. The van der Waals surface area contributed by atoms with Crippen molar-refractivity contribution in [3.63, 3.8) is 0 Å². The third kappa shape index (κ3) is 3.54. The third-order valence-corrected chi connectivity index (χ3v) is 5.90. The number of amides is 2. The summed E-state index contributed by atoms with van der Waals surface area (Å²) in [5, 5.41) is -0.268. The first kappa shape index (κ1) is 19.3. The minimum absolute atomic E-state index is 0.268. The number of aromatic nitrogens is 1. The van der Waals surface area contributed by atoms with Crippen LogP contribution < -0.4 is 4.90 Å². The van der Waals surface area contributed by atoms with Crippen LogP contribution in [0.1, 0.15) is 28.1 Å². The van der Waals surface area contributed by atoms with Gasteiger partial charge in [0.05, 0.1) is 10.6 Å². The van der Waals surface area contributed by atoms with Gasteiger partial charge < -0.3 is 4.57 Å². The van der Waals surface area contributed by atoms with Crippen LogP contribution in [0, 0.1) is 27.7 Å². The lowest BCUT2D eigenvalue weighted by atomic mass is 10.1. The highest BCUT2D eigenvalue weighted by Gasteiger charge is 2.36. The maximum absolute atomic E-state index is 12.9. The number of rotatable bonds is 3. The number of hydrogen-bond donors (Lipinski definition) is 0. The van der Waals surface area contributed by atoms with Crippen molar-refractivity contribution >= 4 is 34.7 Å². The zero-order chi connectivity index (χ0) is 20.7. The van der Waals surface area contributed by atoms with Gasteiger partial charge in [0.25, 0.3) is 11.1 Å². The molecule has 3 aromatic rings. The van der Waals surface area contributed by atoms with Crippen LogP contribution in [0.25, 0.3) is 11.8 Å². The highest BCUT2D eigenvalue weighted by molar-refractivity contribution is 8.19. The minimum atomic E-state index is -0.276. The van der Waals surface area contributed by atoms with Gasteiger partial charge in [-0.25, -0.2) is 4.90 Å². The van der Waals surface area contributed by atoms with E-state index < -0.39 is 0 Å². The number of aryl methyl sites for hydroxylation is 3. The standard InChI is InChI=1S/C24H22N2O2S/c1-15-10-16(2)12-21(11-15)25-17(3)13-19(18(25)4)14-22-23(27)26(24(28)29-22)20-8-6-5-7-9-20/h5-14H,1-4H3. The highest BCUT2D eigenvalue weighted by Crippen LogP contribution is 2.36. The number of hydrogen-bond acceptors (Lipinski definition) is 3. The number of carbonyl (C=O) groups is 2. The van der Waals surface area contributed by atoms with E-state index in [1.54, 1.807) is 12.1 Å². The van der Waals surface area contributed by atoms with E-state index in [9.17, 15) is 9.59 Å². The Balaban J connectivity index is 1.73. The lowest BCUT2D eigenvalue weighted by Gasteiger charge is -2.12. The van der Waals surface area contributed by atoms with E-state index in [1.165, 1.54) is 16.0 Å². The quantitative estimate of drug-likeness (QED) is 0.508. The summed E-state index contributed by atoms with van der Waals surface area (Å²) in [6, 6.07) is 17.6. The Bertz CT molecular complexity index is 1140. The zero-order valence-corrected chi connectivity index (χ0v) is 17.7. The highest BCUT2D eigenvalue weighted by atomic mass is 32.2. The van der Waals surface area contributed by atoms with Crippen LogP contribution in [0.3, 0.4) is 0 Å². The first-order valence-electron chi connectivity index (χ1n) is 9.46. The summed E-state index contributed by atoms with van der Waals surface area (Å²) < 4.78 is 2.19. The van der Waals surface area contributed by atoms with Gasteiger partial charge in [-0.15, -0.1) is 0 Å². The van der Waals surface area contributed by atoms with Gasteiger partial charge in [0.2, 0.25) is 0 Å². The second-order valence-electron chi connectivity index (χ2n) is 7.36. The summed E-state index contributed by atoms with van der Waals surface area (Å²) in [6.45, 7) is 8.27. The molecule has 2 heterocycles. The topological polar surface area (TPSA) is 42.3 Å². The number of carbonyl (C=O) groups excluding carboxylic acids is 2. The van der Waals surface area contributed by atoms with Crippen molar-refractivity contribution in [1.29, 1.82) is 0 Å². The van der Waals surface area contributed by atoms with E-state index in [0.29, 0.717) is 10.6 Å². The van der Waals surface area contributed by atoms with Crippen molar-refractivity contribution in [2.24, 2.45) is 0 Å². The van der Waals surface area contributed by atoms with Crippen molar-refractivity contribution in [2.45, 2.75) is 27.7 Å². The number of imide groups is 1. The lowest BCUT2D eigenvalue weighted by molar-refractivity contribution is -0.113. The minimum Gasteiger partial charge on any atom is -0.318 e. The van der Waals surface area contributed by atoms with Crippen molar-refractivity contribution in [3.8, 4) is 5.69 Å². The number of thioether (sulfide) groups is 1. The van der Waals surface area contributed by atoms with Gasteiger partial charge in [0, 0.05) is 17.1 Å². The van der Waals surface area contributed by atoms with Gasteiger partial charge in [-0.2, -0.15) is 0 Å². The molecule has 2 amide bonds. The van der Waals surface area contributed by atoms with Crippen LogP contribution in [0.4, 0.5) is 10.5 Å². The molecule has 1 aliphatic heterocycles. The third-order valence-electron chi connectivity index (χ3n) is 5.03. The molecule has 1 aliphatic rings.